The number of benzene rings is 2. The molecular weight excluding hydrogens is 264 g/mol. The lowest BCUT2D eigenvalue weighted by Crippen LogP contribution is -2.10. The predicted octanol–water partition coefficient (Wildman–Crippen LogP) is 5.20. The van der Waals surface area contributed by atoms with Crippen molar-refractivity contribution < 1.29 is 0 Å². The first kappa shape index (κ1) is 15.1. The summed E-state index contributed by atoms with van der Waals surface area (Å²) in [6, 6.07) is 17.7. The molecular formula is C19H23Cl. The van der Waals surface area contributed by atoms with Gasteiger partial charge in [0.2, 0.25) is 0 Å². The Labute approximate surface area is 127 Å². The molecule has 0 amide bonds. The van der Waals surface area contributed by atoms with E-state index in [-0.39, 0.29) is 0 Å². The average molecular weight is 287 g/mol. The highest BCUT2D eigenvalue weighted by atomic mass is 35.5. The molecule has 20 heavy (non-hydrogen) atoms. The Hall–Kier alpha value is -1.27. The maximum absolute atomic E-state index is 6.17. The number of hydrogen-bond acceptors (Lipinski definition) is 0. The van der Waals surface area contributed by atoms with Gasteiger partial charge in [0.1, 0.15) is 0 Å². The molecule has 2 aromatic carbocycles. The second kappa shape index (κ2) is 7.50. The maximum Gasteiger partial charge on any atom is 0.0258 e. The van der Waals surface area contributed by atoms with Crippen molar-refractivity contribution in [2.75, 3.05) is 5.88 Å². The van der Waals surface area contributed by atoms with Gasteiger partial charge in [-0.1, -0.05) is 61.0 Å². The smallest absolute Gasteiger partial charge is 0.0258 e. The third kappa shape index (κ3) is 4.38. The van der Waals surface area contributed by atoms with Crippen LogP contribution >= 0.6 is 11.6 Å². The first-order valence-electron chi connectivity index (χ1n) is 7.40. The van der Waals surface area contributed by atoms with Crippen molar-refractivity contribution in [1.82, 2.24) is 0 Å². The first-order chi connectivity index (χ1) is 9.71. The van der Waals surface area contributed by atoms with Crippen LogP contribution in [0.1, 0.15) is 29.2 Å². The van der Waals surface area contributed by atoms with Gasteiger partial charge in [-0.15, -0.1) is 11.6 Å². The highest BCUT2D eigenvalue weighted by molar-refractivity contribution is 6.18. The summed E-state index contributed by atoms with van der Waals surface area (Å²) in [6.45, 7) is 4.33. The molecule has 0 fully saturated rings. The van der Waals surface area contributed by atoms with Crippen LogP contribution in [-0.2, 0) is 19.3 Å². The number of hydrogen-bond donors (Lipinski definition) is 0. The topological polar surface area (TPSA) is 0 Å². The molecule has 2 aromatic rings. The Morgan fingerprint density at radius 1 is 0.900 bits per heavy atom. The summed E-state index contributed by atoms with van der Waals surface area (Å²) in [5, 5.41) is 0. The molecule has 2 rings (SSSR count). The molecule has 0 N–H and O–H groups in total. The maximum atomic E-state index is 6.17. The van der Waals surface area contributed by atoms with Crippen LogP contribution in [0.4, 0.5) is 0 Å². The van der Waals surface area contributed by atoms with Crippen LogP contribution in [0.25, 0.3) is 0 Å². The van der Waals surface area contributed by atoms with Crippen LogP contribution in [0.15, 0.2) is 48.5 Å². The van der Waals surface area contributed by atoms with E-state index < -0.39 is 0 Å². The highest BCUT2D eigenvalue weighted by Crippen LogP contribution is 2.18. The van der Waals surface area contributed by atoms with Crippen molar-refractivity contribution in [3.05, 3.63) is 70.8 Å². The molecule has 0 aliphatic carbocycles. The van der Waals surface area contributed by atoms with Crippen LogP contribution in [-0.4, -0.2) is 5.88 Å². The van der Waals surface area contributed by atoms with Crippen LogP contribution in [0.3, 0.4) is 0 Å². The summed E-state index contributed by atoms with van der Waals surface area (Å²) in [5.74, 6) is 1.22. The molecule has 0 radical (unpaired) electrons. The molecule has 0 nitrogen and oxygen atoms in total. The molecule has 1 heteroatoms. The third-order valence-corrected chi connectivity index (χ3v) is 4.22. The Morgan fingerprint density at radius 2 is 1.55 bits per heavy atom. The normalized spacial score (nSPS) is 12.3. The van der Waals surface area contributed by atoms with Crippen molar-refractivity contribution in [3.8, 4) is 0 Å². The first-order valence-corrected chi connectivity index (χ1v) is 7.94. The molecule has 0 aliphatic rings. The van der Waals surface area contributed by atoms with Gasteiger partial charge in [-0.25, -0.2) is 0 Å². The SMILES string of the molecule is CCc1ccc(CC(CCl)Cc2cccc(C)c2)cc1. The monoisotopic (exact) mass is 286 g/mol. The fraction of sp³-hybridized carbons (Fsp3) is 0.368. The van der Waals surface area contributed by atoms with Crippen LogP contribution in [0, 0.1) is 12.8 Å². The summed E-state index contributed by atoms with van der Waals surface area (Å²) in [5.41, 5.74) is 5.50. The molecule has 0 spiro atoms. The van der Waals surface area contributed by atoms with Crippen molar-refractivity contribution in [2.24, 2.45) is 5.92 Å². The van der Waals surface area contributed by atoms with Gasteiger partial charge in [-0.3, -0.25) is 0 Å². The zero-order valence-electron chi connectivity index (χ0n) is 12.4. The van der Waals surface area contributed by atoms with E-state index in [0.717, 1.165) is 19.3 Å². The van der Waals surface area contributed by atoms with E-state index in [1.807, 2.05) is 0 Å². The fourth-order valence-corrected chi connectivity index (χ4v) is 2.82. The van der Waals surface area contributed by atoms with Gasteiger partial charge in [-0.05, 0) is 48.8 Å². The second-order valence-electron chi connectivity index (χ2n) is 5.59. The predicted molar refractivity (Wildman–Crippen MR) is 88.6 cm³/mol. The van der Waals surface area contributed by atoms with Crippen LogP contribution < -0.4 is 0 Å². The Balaban J connectivity index is 2.01. The molecule has 0 bridgehead atoms. The van der Waals surface area contributed by atoms with E-state index in [0.29, 0.717) is 11.8 Å². The summed E-state index contributed by atoms with van der Waals surface area (Å²) >= 11 is 6.17. The Kier molecular flexibility index (Phi) is 5.67. The van der Waals surface area contributed by atoms with Gasteiger partial charge in [0.15, 0.2) is 0 Å². The van der Waals surface area contributed by atoms with Gasteiger partial charge in [0.25, 0.3) is 0 Å². The zero-order chi connectivity index (χ0) is 14.4. The molecule has 0 aliphatic heterocycles. The summed E-state index contributed by atoms with van der Waals surface area (Å²) in [7, 11) is 0. The van der Waals surface area contributed by atoms with Crippen molar-refractivity contribution >= 4 is 11.6 Å². The van der Waals surface area contributed by atoms with E-state index in [9.17, 15) is 0 Å². The van der Waals surface area contributed by atoms with Crippen molar-refractivity contribution in [1.29, 1.82) is 0 Å². The van der Waals surface area contributed by atoms with E-state index in [1.54, 1.807) is 0 Å². The summed E-state index contributed by atoms with van der Waals surface area (Å²) in [6.07, 6.45) is 3.21. The third-order valence-electron chi connectivity index (χ3n) is 3.78. The zero-order valence-corrected chi connectivity index (χ0v) is 13.2. The Bertz CT molecular complexity index is 528. The van der Waals surface area contributed by atoms with E-state index >= 15 is 0 Å². The molecule has 0 heterocycles. The van der Waals surface area contributed by atoms with E-state index in [4.69, 9.17) is 11.6 Å². The lowest BCUT2D eigenvalue weighted by molar-refractivity contribution is 0.583. The van der Waals surface area contributed by atoms with E-state index in [2.05, 4.69) is 62.4 Å². The van der Waals surface area contributed by atoms with E-state index in [1.165, 1.54) is 22.3 Å². The van der Waals surface area contributed by atoms with Gasteiger partial charge >= 0.3 is 0 Å². The van der Waals surface area contributed by atoms with Gasteiger partial charge in [-0.2, -0.15) is 0 Å². The van der Waals surface area contributed by atoms with Gasteiger partial charge in [0, 0.05) is 5.88 Å². The Morgan fingerprint density at radius 3 is 2.15 bits per heavy atom. The second-order valence-corrected chi connectivity index (χ2v) is 5.90. The van der Waals surface area contributed by atoms with Crippen LogP contribution in [0.5, 0.6) is 0 Å². The van der Waals surface area contributed by atoms with Gasteiger partial charge < -0.3 is 0 Å². The molecule has 1 unspecified atom stereocenters. The van der Waals surface area contributed by atoms with Crippen LogP contribution in [0.2, 0.25) is 0 Å². The lowest BCUT2D eigenvalue weighted by Gasteiger charge is -2.15. The number of aryl methyl sites for hydroxylation is 2. The summed E-state index contributed by atoms with van der Waals surface area (Å²) < 4.78 is 0. The minimum atomic E-state index is 0.506. The summed E-state index contributed by atoms with van der Waals surface area (Å²) in [4.78, 5) is 0. The molecule has 0 aromatic heterocycles. The standard InChI is InChI=1S/C19H23Cl/c1-3-16-7-9-17(10-8-16)12-19(14-20)13-18-6-4-5-15(2)11-18/h4-11,19H,3,12-14H2,1-2H3. The number of rotatable bonds is 6. The minimum Gasteiger partial charge on any atom is -0.126 e. The molecule has 0 saturated carbocycles. The average Bonchev–Trinajstić information content (AvgIpc) is 2.47. The number of alkyl halides is 1. The highest BCUT2D eigenvalue weighted by Gasteiger charge is 2.10. The van der Waals surface area contributed by atoms with Gasteiger partial charge in [0.05, 0.1) is 0 Å². The van der Waals surface area contributed by atoms with Crippen molar-refractivity contribution in [3.63, 3.8) is 0 Å². The van der Waals surface area contributed by atoms with Crippen molar-refractivity contribution in [2.45, 2.75) is 33.1 Å². The minimum absolute atomic E-state index is 0.506. The number of halogens is 1. The molecule has 106 valence electrons. The molecule has 1 atom stereocenters. The lowest BCUT2D eigenvalue weighted by atomic mass is 9.93. The largest absolute Gasteiger partial charge is 0.126 e. The fourth-order valence-electron chi connectivity index (χ4n) is 2.60. The molecule has 0 saturated heterocycles. The quantitative estimate of drug-likeness (QED) is 0.641.